The third kappa shape index (κ3) is 2.27. The molecule has 1 aliphatic heterocycles. The number of carbonyl (C=O) groups excluding carboxylic acids is 1. The lowest BCUT2D eigenvalue weighted by molar-refractivity contribution is -0.00298. The lowest BCUT2D eigenvalue weighted by Gasteiger charge is -2.35. The van der Waals surface area contributed by atoms with Crippen molar-refractivity contribution in [3.05, 3.63) is 42.2 Å². The molecule has 4 heteroatoms. The minimum Gasteiger partial charge on any atom is -0.377 e. The van der Waals surface area contributed by atoms with E-state index in [1.165, 1.54) is 0 Å². The lowest BCUT2D eigenvalue weighted by atomic mass is 10.1. The van der Waals surface area contributed by atoms with Gasteiger partial charge < -0.3 is 9.64 Å². The lowest BCUT2D eigenvalue weighted by Crippen LogP contribution is -2.48. The average molecular weight is 270 g/mol. The molecular weight excluding hydrogens is 252 g/mol. The van der Waals surface area contributed by atoms with Gasteiger partial charge in [-0.25, -0.2) is 0 Å². The van der Waals surface area contributed by atoms with Crippen LogP contribution in [0.2, 0.25) is 0 Å². The van der Waals surface area contributed by atoms with Crippen LogP contribution < -0.4 is 0 Å². The number of aromatic nitrogens is 1. The van der Waals surface area contributed by atoms with E-state index in [4.69, 9.17) is 4.74 Å². The van der Waals surface area contributed by atoms with Crippen LogP contribution in [0.15, 0.2) is 36.5 Å². The van der Waals surface area contributed by atoms with Gasteiger partial charge in [-0.3, -0.25) is 9.78 Å². The topological polar surface area (TPSA) is 42.4 Å². The molecule has 0 saturated carbocycles. The molecule has 1 aromatic heterocycles. The van der Waals surface area contributed by atoms with Crippen molar-refractivity contribution in [3.63, 3.8) is 0 Å². The monoisotopic (exact) mass is 270 g/mol. The smallest absolute Gasteiger partial charge is 0.273 e. The Kier molecular flexibility index (Phi) is 3.65. The standard InChI is InChI=1S/C16H18N2O2/c1-2-13-11-20-10-9-18(13)16(19)15-14-6-4-3-5-12(14)7-8-17-15/h3-8,13H,2,9-11H2,1H3. The van der Waals surface area contributed by atoms with Gasteiger partial charge in [-0.2, -0.15) is 0 Å². The number of pyridine rings is 1. The Morgan fingerprint density at radius 2 is 2.25 bits per heavy atom. The zero-order chi connectivity index (χ0) is 13.9. The van der Waals surface area contributed by atoms with Gasteiger partial charge in [-0.15, -0.1) is 0 Å². The van der Waals surface area contributed by atoms with Crippen LogP contribution in [-0.4, -0.2) is 41.6 Å². The Labute approximate surface area is 118 Å². The van der Waals surface area contributed by atoms with Crippen LogP contribution >= 0.6 is 0 Å². The van der Waals surface area contributed by atoms with Gasteiger partial charge in [0.05, 0.1) is 19.3 Å². The molecule has 1 aliphatic rings. The quantitative estimate of drug-likeness (QED) is 0.842. The molecule has 1 unspecified atom stereocenters. The van der Waals surface area contributed by atoms with E-state index < -0.39 is 0 Å². The first-order valence-corrected chi connectivity index (χ1v) is 7.03. The third-order valence-electron chi connectivity index (χ3n) is 3.84. The van der Waals surface area contributed by atoms with Gasteiger partial charge in [0.25, 0.3) is 5.91 Å². The number of hydrogen-bond acceptors (Lipinski definition) is 3. The summed E-state index contributed by atoms with van der Waals surface area (Å²) in [5.41, 5.74) is 0.545. The van der Waals surface area contributed by atoms with Crippen molar-refractivity contribution >= 4 is 16.7 Å². The molecule has 1 atom stereocenters. The van der Waals surface area contributed by atoms with Crippen molar-refractivity contribution < 1.29 is 9.53 Å². The first kappa shape index (κ1) is 13.1. The summed E-state index contributed by atoms with van der Waals surface area (Å²) in [6.45, 7) is 3.94. The van der Waals surface area contributed by atoms with Crippen molar-refractivity contribution in [1.82, 2.24) is 9.88 Å². The van der Waals surface area contributed by atoms with Crippen LogP contribution in [0.25, 0.3) is 10.8 Å². The summed E-state index contributed by atoms with van der Waals surface area (Å²) in [7, 11) is 0. The number of ether oxygens (including phenoxy) is 1. The van der Waals surface area contributed by atoms with Crippen LogP contribution in [0.3, 0.4) is 0 Å². The largest absolute Gasteiger partial charge is 0.377 e. The maximum Gasteiger partial charge on any atom is 0.273 e. The number of fused-ring (bicyclic) bond motifs is 1. The van der Waals surface area contributed by atoms with E-state index in [1.807, 2.05) is 35.2 Å². The minimum absolute atomic E-state index is 0.0111. The van der Waals surface area contributed by atoms with Gasteiger partial charge >= 0.3 is 0 Å². The van der Waals surface area contributed by atoms with Gasteiger partial charge in [-0.05, 0) is 17.9 Å². The zero-order valence-electron chi connectivity index (χ0n) is 11.6. The molecule has 4 nitrogen and oxygen atoms in total. The summed E-state index contributed by atoms with van der Waals surface area (Å²) >= 11 is 0. The van der Waals surface area contributed by atoms with E-state index in [-0.39, 0.29) is 11.9 Å². The number of benzene rings is 1. The van der Waals surface area contributed by atoms with Gasteiger partial charge in [0.15, 0.2) is 0 Å². The highest BCUT2D eigenvalue weighted by atomic mass is 16.5. The van der Waals surface area contributed by atoms with Gasteiger partial charge in [0, 0.05) is 18.1 Å². The highest BCUT2D eigenvalue weighted by Crippen LogP contribution is 2.20. The van der Waals surface area contributed by atoms with Crippen LogP contribution in [0.4, 0.5) is 0 Å². The maximum atomic E-state index is 12.8. The molecule has 1 saturated heterocycles. The predicted octanol–water partition coefficient (Wildman–Crippen LogP) is 2.49. The number of rotatable bonds is 2. The highest BCUT2D eigenvalue weighted by Gasteiger charge is 2.28. The molecule has 20 heavy (non-hydrogen) atoms. The molecule has 0 N–H and O–H groups in total. The zero-order valence-corrected chi connectivity index (χ0v) is 11.6. The molecule has 3 rings (SSSR count). The molecule has 104 valence electrons. The van der Waals surface area contributed by atoms with E-state index in [2.05, 4.69) is 11.9 Å². The fourth-order valence-corrected chi connectivity index (χ4v) is 2.69. The van der Waals surface area contributed by atoms with E-state index in [1.54, 1.807) is 6.20 Å². The molecule has 2 heterocycles. The maximum absolute atomic E-state index is 12.8. The number of carbonyl (C=O) groups is 1. The SMILES string of the molecule is CCC1COCCN1C(=O)c1nccc2ccccc12. The van der Waals surface area contributed by atoms with Crippen molar-refractivity contribution in [2.75, 3.05) is 19.8 Å². The van der Waals surface area contributed by atoms with Crippen LogP contribution in [0.1, 0.15) is 23.8 Å². The summed E-state index contributed by atoms with van der Waals surface area (Å²) in [6, 6.07) is 9.96. The van der Waals surface area contributed by atoms with Crippen molar-refractivity contribution in [3.8, 4) is 0 Å². The van der Waals surface area contributed by atoms with E-state index in [9.17, 15) is 4.79 Å². The molecule has 0 bridgehead atoms. The van der Waals surface area contributed by atoms with Crippen LogP contribution in [0.5, 0.6) is 0 Å². The Bertz CT molecular complexity index is 621. The number of hydrogen-bond donors (Lipinski definition) is 0. The van der Waals surface area contributed by atoms with Gasteiger partial charge in [0.1, 0.15) is 5.69 Å². The third-order valence-corrected chi connectivity index (χ3v) is 3.84. The van der Waals surface area contributed by atoms with E-state index >= 15 is 0 Å². The van der Waals surface area contributed by atoms with E-state index in [0.717, 1.165) is 17.2 Å². The molecule has 0 spiro atoms. The van der Waals surface area contributed by atoms with Gasteiger partial charge in [0.2, 0.25) is 0 Å². The first-order valence-electron chi connectivity index (χ1n) is 7.03. The molecule has 2 aromatic rings. The van der Waals surface area contributed by atoms with Crippen molar-refractivity contribution in [2.45, 2.75) is 19.4 Å². The second kappa shape index (κ2) is 5.59. The Hall–Kier alpha value is -1.94. The summed E-state index contributed by atoms with van der Waals surface area (Å²) in [5.74, 6) is 0.0111. The number of amides is 1. The predicted molar refractivity (Wildman–Crippen MR) is 77.7 cm³/mol. The normalized spacial score (nSPS) is 19.2. The summed E-state index contributed by atoms with van der Waals surface area (Å²) < 4.78 is 5.46. The second-order valence-corrected chi connectivity index (χ2v) is 5.02. The Morgan fingerprint density at radius 3 is 3.10 bits per heavy atom. The molecule has 0 aliphatic carbocycles. The van der Waals surface area contributed by atoms with Crippen LogP contribution in [0, 0.1) is 0 Å². The summed E-state index contributed by atoms with van der Waals surface area (Å²) in [4.78, 5) is 19.0. The Balaban J connectivity index is 1.99. The minimum atomic E-state index is 0.0111. The van der Waals surface area contributed by atoms with Crippen molar-refractivity contribution in [1.29, 1.82) is 0 Å². The Morgan fingerprint density at radius 1 is 1.40 bits per heavy atom. The molecule has 1 aromatic carbocycles. The summed E-state index contributed by atoms with van der Waals surface area (Å²) in [6.07, 6.45) is 2.60. The van der Waals surface area contributed by atoms with Gasteiger partial charge in [-0.1, -0.05) is 31.2 Å². The molecular formula is C16H18N2O2. The fourth-order valence-electron chi connectivity index (χ4n) is 2.69. The first-order chi connectivity index (χ1) is 9.81. The van der Waals surface area contributed by atoms with Crippen LogP contribution in [-0.2, 0) is 4.74 Å². The summed E-state index contributed by atoms with van der Waals surface area (Å²) in [5, 5.41) is 1.97. The number of morpholine rings is 1. The van der Waals surface area contributed by atoms with E-state index in [0.29, 0.717) is 25.5 Å². The fraction of sp³-hybridized carbons (Fsp3) is 0.375. The molecule has 0 radical (unpaired) electrons. The average Bonchev–Trinajstić information content (AvgIpc) is 2.53. The second-order valence-electron chi connectivity index (χ2n) is 5.02. The molecule has 1 fully saturated rings. The molecule has 1 amide bonds. The highest BCUT2D eigenvalue weighted by molar-refractivity contribution is 6.05. The number of nitrogens with zero attached hydrogens (tertiary/aromatic N) is 2. The van der Waals surface area contributed by atoms with Crippen molar-refractivity contribution in [2.24, 2.45) is 0 Å².